The number of carbonyl (C=O) groups is 1. The Morgan fingerprint density at radius 2 is 2.04 bits per heavy atom. The number of hydrogen-bond donors (Lipinski definition) is 1. The quantitative estimate of drug-likeness (QED) is 0.845. The maximum absolute atomic E-state index is 11.6. The second-order valence-electron chi connectivity index (χ2n) is 7.14. The van der Waals surface area contributed by atoms with E-state index in [4.69, 9.17) is 0 Å². The van der Waals surface area contributed by atoms with Crippen LogP contribution in [0, 0.1) is 23.2 Å². The van der Waals surface area contributed by atoms with E-state index in [1.54, 1.807) is 25.1 Å². The Labute approximate surface area is 139 Å². The lowest BCUT2D eigenvalue weighted by molar-refractivity contribution is 0.101. The first-order chi connectivity index (χ1) is 10.9. The number of Topliss-reactive ketones (excluding diaryl/α,β-unsaturated/α-hetero) is 1. The van der Waals surface area contributed by atoms with Gasteiger partial charge in [-0.2, -0.15) is 5.26 Å². The van der Waals surface area contributed by atoms with Crippen LogP contribution >= 0.6 is 0 Å². The topological polar surface area (TPSA) is 56.1 Å². The zero-order chi connectivity index (χ0) is 17.0. The summed E-state index contributed by atoms with van der Waals surface area (Å²) in [5.41, 5.74) is 1.98. The Hall–Kier alpha value is -1.86. The summed E-state index contributed by atoms with van der Waals surface area (Å²) in [4.78, 5) is 14.1. The molecular weight excluding hydrogens is 286 g/mol. The summed E-state index contributed by atoms with van der Waals surface area (Å²) in [7, 11) is 0. The van der Waals surface area contributed by atoms with Gasteiger partial charge in [0.25, 0.3) is 0 Å². The van der Waals surface area contributed by atoms with E-state index >= 15 is 0 Å². The number of ketones is 1. The Balaban J connectivity index is 2.04. The van der Waals surface area contributed by atoms with Gasteiger partial charge < -0.3 is 10.2 Å². The highest BCUT2D eigenvalue weighted by Crippen LogP contribution is 2.22. The van der Waals surface area contributed by atoms with Gasteiger partial charge in [-0.15, -0.1) is 0 Å². The zero-order valence-electron chi connectivity index (χ0n) is 14.6. The molecule has 1 aromatic carbocycles. The minimum Gasteiger partial charge on any atom is -0.380 e. The lowest BCUT2D eigenvalue weighted by Crippen LogP contribution is -2.43. The highest BCUT2D eigenvalue weighted by molar-refractivity contribution is 5.95. The zero-order valence-corrected chi connectivity index (χ0v) is 14.6. The Bertz CT molecular complexity index is 595. The number of benzene rings is 1. The third kappa shape index (κ3) is 4.80. The van der Waals surface area contributed by atoms with Crippen LogP contribution in [0.5, 0.6) is 0 Å². The lowest BCUT2D eigenvalue weighted by Gasteiger charge is -2.36. The van der Waals surface area contributed by atoms with Crippen LogP contribution in [0.25, 0.3) is 0 Å². The molecule has 4 heteroatoms. The van der Waals surface area contributed by atoms with Crippen LogP contribution in [-0.2, 0) is 0 Å². The second kappa shape index (κ2) is 7.61. The maximum Gasteiger partial charge on any atom is 0.159 e. The summed E-state index contributed by atoms with van der Waals surface area (Å²) < 4.78 is 0. The van der Waals surface area contributed by atoms with Crippen molar-refractivity contribution in [3.8, 4) is 6.07 Å². The van der Waals surface area contributed by atoms with E-state index < -0.39 is 0 Å². The van der Waals surface area contributed by atoms with Crippen molar-refractivity contribution in [3.63, 3.8) is 0 Å². The van der Waals surface area contributed by atoms with Crippen LogP contribution in [0.1, 0.15) is 50.0 Å². The molecule has 4 nitrogen and oxygen atoms in total. The number of rotatable bonds is 5. The number of carbonyl (C=O) groups excluding carboxylic acids is 1. The molecule has 1 fully saturated rings. The number of hydrogen-bond acceptors (Lipinski definition) is 4. The molecule has 1 heterocycles. The summed E-state index contributed by atoms with van der Waals surface area (Å²) in [5.74, 6) is 1.49. The third-order valence-electron chi connectivity index (χ3n) is 4.42. The van der Waals surface area contributed by atoms with Gasteiger partial charge in [-0.3, -0.25) is 4.79 Å². The number of piperidine rings is 1. The van der Waals surface area contributed by atoms with E-state index in [0.717, 1.165) is 37.2 Å². The first-order valence-electron chi connectivity index (χ1n) is 8.43. The van der Waals surface area contributed by atoms with Crippen LogP contribution in [0.2, 0.25) is 0 Å². The molecule has 1 aliphatic rings. The van der Waals surface area contributed by atoms with Crippen LogP contribution in [0.15, 0.2) is 18.2 Å². The third-order valence-corrected chi connectivity index (χ3v) is 4.42. The van der Waals surface area contributed by atoms with Crippen LogP contribution < -0.4 is 5.32 Å². The fraction of sp³-hybridized carbons (Fsp3) is 0.579. The standard InChI is InChI=1S/C19H27N3O/c1-13-7-14(2)11-22(10-13)12-15(3)21-19-8-17(16(4)23)5-6-18(19)9-20/h5-6,8,13-15,21H,7,10-12H2,1-4H3. The van der Waals surface area contributed by atoms with Crippen LogP contribution in [0.3, 0.4) is 0 Å². The van der Waals surface area contributed by atoms with E-state index in [1.807, 2.05) is 0 Å². The molecule has 0 aliphatic carbocycles. The van der Waals surface area contributed by atoms with Crippen LogP contribution in [-0.4, -0.2) is 36.4 Å². The highest BCUT2D eigenvalue weighted by Gasteiger charge is 2.23. The number of nitrogens with one attached hydrogen (secondary N) is 1. The van der Waals surface area contributed by atoms with Gasteiger partial charge in [-0.05, 0) is 50.3 Å². The smallest absolute Gasteiger partial charge is 0.159 e. The van der Waals surface area contributed by atoms with Crippen LogP contribution in [0.4, 0.5) is 5.69 Å². The average molecular weight is 313 g/mol. The molecule has 0 spiro atoms. The summed E-state index contributed by atoms with van der Waals surface area (Å²) in [6, 6.07) is 7.64. The van der Waals surface area contributed by atoms with Gasteiger partial charge in [0.05, 0.1) is 11.3 Å². The summed E-state index contributed by atoms with van der Waals surface area (Å²) in [6.45, 7) is 11.5. The van der Waals surface area contributed by atoms with Crippen molar-refractivity contribution in [1.82, 2.24) is 4.90 Å². The Kier molecular flexibility index (Phi) is 5.79. The van der Waals surface area contributed by atoms with Crippen molar-refractivity contribution in [3.05, 3.63) is 29.3 Å². The van der Waals surface area contributed by atoms with E-state index in [-0.39, 0.29) is 11.8 Å². The molecule has 0 saturated carbocycles. The van der Waals surface area contributed by atoms with Crippen molar-refractivity contribution in [2.75, 3.05) is 25.0 Å². The normalized spacial score (nSPS) is 23.1. The monoisotopic (exact) mass is 313 g/mol. The maximum atomic E-state index is 11.6. The lowest BCUT2D eigenvalue weighted by atomic mass is 9.91. The summed E-state index contributed by atoms with van der Waals surface area (Å²) >= 11 is 0. The Morgan fingerprint density at radius 1 is 1.39 bits per heavy atom. The van der Waals surface area contributed by atoms with Gasteiger partial charge in [0, 0.05) is 31.2 Å². The molecule has 0 radical (unpaired) electrons. The average Bonchev–Trinajstić information content (AvgIpc) is 2.45. The number of anilines is 1. The molecule has 124 valence electrons. The van der Waals surface area contributed by atoms with E-state index in [2.05, 4.69) is 37.1 Å². The van der Waals surface area contributed by atoms with Gasteiger partial charge in [0.15, 0.2) is 5.78 Å². The van der Waals surface area contributed by atoms with Crippen molar-refractivity contribution in [2.24, 2.45) is 11.8 Å². The number of nitrogens with zero attached hydrogens (tertiary/aromatic N) is 2. The largest absolute Gasteiger partial charge is 0.380 e. The highest BCUT2D eigenvalue weighted by atomic mass is 16.1. The molecule has 1 aliphatic heterocycles. The number of likely N-dealkylation sites (tertiary alicyclic amines) is 1. The molecule has 1 aromatic rings. The van der Waals surface area contributed by atoms with Gasteiger partial charge in [0.1, 0.15) is 6.07 Å². The number of nitriles is 1. The fourth-order valence-corrected chi connectivity index (χ4v) is 3.62. The van der Waals surface area contributed by atoms with Gasteiger partial charge >= 0.3 is 0 Å². The molecular formula is C19H27N3O. The van der Waals surface area contributed by atoms with Crippen molar-refractivity contribution < 1.29 is 4.79 Å². The summed E-state index contributed by atoms with van der Waals surface area (Å²) in [5, 5.41) is 12.7. The van der Waals surface area contributed by atoms with Crippen molar-refractivity contribution in [2.45, 2.75) is 40.2 Å². The molecule has 0 bridgehead atoms. The van der Waals surface area contributed by atoms with Gasteiger partial charge in [-0.25, -0.2) is 0 Å². The Morgan fingerprint density at radius 3 is 2.61 bits per heavy atom. The molecule has 1 N–H and O–H groups in total. The predicted molar refractivity (Wildman–Crippen MR) is 93.6 cm³/mol. The SMILES string of the molecule is CC(=O)c1ccc(C#N)c(NC(C)CN2CC(C)CC(C)C2)c1. The van der Waals surface area contributed by atoms with Gasteiger partial charge in [0.2, 0.25) is 0 Å². The van der Waals surface area contributed by atoms with E-state index in [9.17, 15) is 10.1 Å². The molecule has 1 saturated heterocycles. The minimum atomic E-state index is 0.0175. The molecule has 0 amide bonds. The molecule has 0 aromatic heterocycles. The first kappa shape index (κ1) is 17.5. The van der Waals surface area contributed by atoms with Gasteiger partial charge in [-0.1, -0.05) is 13.8 Å². The minimum absolute atomic E-state index is 0.0175. The predicted octanol–water partition coefficient (Wildman–Crippen LogP) is 3.54. The first-order valence-corrected chi connectivity index (χ1v) is 8.43. The molecule has 3 unspecified atom stereocenters. The van der Waals surface area contributed by atoms with E-state index in [0.29, 0.717) is 11.1 Å². The van der Waals surface area contributed by atoms with Crippen molar-refractivity contribution in [1.29, 1.82) is 5.26 Å². The summed E-state index contributed by atoms with van der Waals surface area (Å²) in [6.07, 6.45) is 1.30. The molecule has 3 atom stereocenters. The molecule has 23 heavy (non-hydrogen) atoms. The fourth-order valence-electron chi connectivity index (χ4n) is 3.62. The second-order valence-corrected chi connectivity index (χ2v) is 7.14. The van der Waals surface area contributed by atoms with E-state index in [1.165, 1.54) is 6.42 Å². The van der Waals surface area contributed by atoms with Crippen molar-refractivity contribution >= 4 is 11.5 Å². The molecule has 2 rings (SSSR count).